The van der Waals surface area contributed by atoms with Crippen LogP contribution in [0.2, 0.25) is 4.47 Å². The number of hydrogen-bond donors (Lipinski definition) is 0. The van der Waals surface area contributed by atoms with Gasteiger partial charge in [0.15, 0.2) is 8.68 Å². The third kappa shape index (κ3) is 2.85. The number of nitrogens with zero attached hydrogens (tertiary/aromatic N) is 2. The molecule has 0 bridgehead atoms. The van der Waals surface area contributed by atoms with Crippen LogP contribution in [0.15, 0.2) is 21.7 Å². The van der Waals surface area contributed by atoms with Crippen LogP contribution in [0.5, 0.6) is 0 Å². The molecule has 2 aromatic heterocycles. The van der Waals surface area contributed by atoms with E-state index in [2.05, 4.69) is 4.98 Å². The lowest BCUT2D eigenvalue weighted by Crippen LogP contribution is -2.29. The SMILES string of the molecule is Cc1nc(Cl)sc1S(=O)(=O)N(C)C(C)c1cccs1. The van der Waals surface area contributed by atoms with E-state index in [9.17, 15) is 8.42 Å². The van der Waals surface area contributed by atoms with Crippen LogP contribution in [0.25, 0.3) is 0 Å². The Balaban J connectivity index is 2.37. The molecule has 0 radical (unpaired) electrons. The highest BCUT2D eigenvalue weighted by molar-refractivity contribution is 7.91. The van der Waals surface area contributed by atoms with Crippen LogP contribution < -0.4 is 0 Å². The van der Waals surface area contributed by atoms with Crippen LogP contribution in [0.1, 0.15) is 23.5 Å². The first kappa shape index (κ1) is 14.9. The molecule has 0 aliphatic carbocycles. The predicted molar refractivity (Wildman–Crippen MR) is 79.5 cm³/mol. The smallest absolute Gasteiger partial charge is 0.229 e. The van der Waals surface area contributed by atoms with Crippen LogP contribution >= 0.6 is 34.3 Å². The molecular formula is C11H13ClN2O2S3. The lowest BCUT2D eigenvalue weighted by atomic mass is 10.3. The second-order valence-electron chi connectivity index (χ2n) is 4.05. The number of sulfonamides is 1. The summed E-state index contributed by atoms with van der Waals surface area (Å²) in [6, 6.07) is 3.62. The van der Waals surface area contributed by atoms with E-state index in [0.717, 1.165) is 16.2 Å². The molecule has 1 atom stereocenters. The number of aromatic nitrogens is 1. The zero-order chi connectivity index (χ0) is 14.2. The van der Waals surface area contributed by atoms with Gasteiger partial charge in [-0.1, -0.05) is 29.0 Å². The third-order valence-electron chi connectivity index (χ3n) is 2.84. The van der Waals surface area contributed by atoms with Crippen LogP contribution in [-0.2, 0) is 10.0 Å². The number of rotatable bonds is 4. The van der Waals surface area contributed by atoms with Gasteiger partial charge in [-0.3, -0.25) is 0 Å². The fraction of sp³-hybridized carbons (Fsp3) is 0.364. The lowest BCUT2D eigenvalue weighted by molar-refractivity contribution is 0.403. The van der Waals surface area contributed by atoms with E-state index >= 15 is 0 Å². The van der Waals surface area contributed by atoms with Gasteiger partial charge < -0.3 is 0 Å². The van der Waals surface area contributed by atoms with Crippen molar-refractivity contribution in [3.63, 3.8) is 0 Å². The molecule has 2 aromatic rings. The van der Waals surface area contributed by atoms with Gasteiger partial charge in [0.25, 0.3) is 10.0 Å². The molecule has 0 saturated heterocycles. The van der Waals surface area contributed by atoms with Crippen molar-refractivity contribution in [3.05, 3.63) is 32.6 Å². The van der Waals surface area contributed by atoms with E-state index in [1.807, 2.05) is 24.4 Å². The van der Waals surface area contributed by atoms with Crippen LogP contribution in [0.4, 0.5) is 0 Å². The van der Waals surface area contributed by atoms with Gasteiger partial charge in [-0.05, 0) is 25.3 Å². The van der Waals surface area contributed by atoms with Gasteiger partial charge in [0.2, 0.25) is 0 Å². The van der Waals surface area contributed by atoms with Crippen molar-refractivity contribution in [2.75, 3.05) is 7.05 Å². The van der Waals surface area contributed by atoms with Gasteiger partial charge in [-0.2, -0.15) is 4.31 Å². The second kappa shape index (κ2) is 5.49. The van der Waals surface area contributed by atoms with E-state index in [0.29, 0.717) is 5.69 Å². The summed E-state index contributed by atoms with van der Waals surface area (Å²) in [6.45, 7) is 3.51. The van der Waals surface area contributed by atoms with Crippen molar-refractivity contribution in [3.8, 4) is 0 Å². The van der Waals surface area contributed by atoms with Crippen molar-refractivity contribution < 1.29 is 8.42 Å². The zero-order valence-corrected chi connectivity index (χ0v) is 13.8. The van der Waals surface area contributed by atoms with Gasteiger partial charge in [0.1, 0.15) is 0 Å². The highest BCUT2D eigenvalue weighted by Crippen LogP contribution is 2.33. The molecule has 0 N–H and O–H groups in total. The number of thiazole rings is 1. The first-order valence-corrected chi connectivity index (χ1v) is 9.00. The fourth-order valence-electron chi connectivity index (χ4n) is 1.64. The molecule has 0 amide bonds. The summed E-state index contributed by atoms with van der Waals surface area (Å²) >= 11 is 8.31. The van der Waals surface area contributed by atoms with Crippen molar-refractivity contribution >= 4 is 44.3 Å². The Bertz CT molecular complexity index is 664. The highest BCUT2D eigenvalue weighted by atomic mass is 35.5. The topological polar surface area (TPSA) is 50.3 Å². The summed E-state index contributed by atoms with van der Waals surface area (Å²) in [5, 5.41) is 1.93. The van der Waals surface area contributed by atoms with Gasteiger partial charge in [-0.15, -0.1) is 11.3 Å². The standard InChI is InChI=1S/C11H13ClN2O2S3/c1-7-10(18-11(12)13-7)19(15,16)14(3)8(2)9-5-4-6-17-9/h4-6,8H,1-3H3. The Morgan fingerprint density at radius 1 is 1.47 bits per heavy atom. The largest absolute Gasteiger partial charge is 0.254 e. The Hall–Kier alpha value is -0.470. The molecule has 4 nitrogen and oxygen atoms in total. The molecule has 0 saturated carbocycles. The maximum Gasteiger partial charge on any atom is 0.254 e. The summed E-state index contributed by atoms with van der Waals surface area (Å²) in [6.07, 6.45) is 0. The normalized spacial score (nSPS) is 13.9. The maximum absolute atomic E-state index is 12.5. The summed E-state index contributed by atoms with van der Waals surface area (Å²) < 4.78 is 26.9. The molecule has 0 aromatic carbocycles. The molecule has 0 aliphatic heterocycles. The van der Waals surface area contributed by atoms with Gasteiger partial charge in [-0.25, -0.2) is 13.4 Å². The van der Waals surface area contributed by atoms with E-state index in [4.69, 9.17) is 11.6 Å². The minimum Gasteiger partial charge on any atom is -0.229 e. The van der Waals surface area contributed by atoms with E-state index in [1.165, 1.54) is 15.6 Å². The number of aryl methyl sites for hydroxylation is 1. The van der Waals surface area contributed by atoms with Crippen LogP contribution in [0.3, 0.4) is 0 Å². The van der Waals surface area contributed by atoms with Crippen molar-refractivity contribution in [1.82, 2.24) is 9.29 Å². The molecular weight excluding hydrogens is 324 g/mol. The highest BCUT2D eigenvalue weighted by Gasteiger charge is 2.30. The van der Waals surface area contributed by atoms with E-state index in [-0.39, 0.29) is 14.7 Å². The molecule has 19 heavy (non-hydrogen) atoms. The van der Waals surface area contributed by atoms with Crippen LogP contribution in [0, 0.1) is 6.92 Å². The Labute approximate surface area is 125 Å². The average molecular weight is 337 g/mol. The first-order chi connectivity index (χ1) is 8.84. The van der Waals surface area contributed by atoms with Crippen molar-refractivity contribution in [2.24, 2.45) is 0 Å². The van der Waals surface area contributed by atoms with E-state index < -0.39 is 10.0 Å². The van der Waals surface area contributed by atoms with Gasteiger partial charge in [0.05, 0.1) is 11.7 Å². The quantitative estimate of drug-likeness (QED) is 0.858. The number of halogens is 1. The molecule has 0 aliphatic rings. The molecule has 104 valence electrons. The average Bonchev–Trinajstić information content (AvgIpc) is 2.96. The van der Waals surface area contributed by atoms with Crippen molar-refractivity contribution in [2.45, 2.75) is 24.1 Å². The summed E-state index contributed by atoms with van der Waals surface area (Å²) in [7, 11) is -1.99. The molecule has 2 heterocycles. The first-order valence-electron chi connectivity index (χ1n) is 5.48. The fourth-order valence-corrected chi connectivity index (χ4v) is 5.78. The molecule has 8 heteroatoms. The summed E-state index contributed by atoms with van der Waals surface area (Å²) in [5.74, 6) is 0. The zero-order valence-electron chi connectivity index (χ0n) is 10.6. The number of thiophene rings is 1. The van der Waals surface area contributed by atoms with E-state index in [1.54, 1.807) is 14.0 Å². The summed E-state index contributed by atoms with van der Waals surface area (Å²) in [4.78, 5) is 4.96. The van der Waals surface area contributed by atoms with Gasteiger partial charge >= 0.3 is 0 Å². The molecule has 0 spiro atoms. The summed E-state index contributed by atoms with van der Waals surface area (Å²) in [5.41, 5.74) is 0.445. The van der Waals surface area contributed by atoms with Gasteiger partial charge in [0, 0.05) is 11.9 Å². The lowest BCUT2D eigenvalue weighted by Gasteiger charge is -2.22. The Kier molecular flexibility index (Phi) is 4.32. The molecule has 0 fully saturated rings. The number of hydrogen-bond acceptors (Lipinski definition) is 5. The van der Waals surface area contributed by atoms with Crippen molar-refractivity contribution in [1.29, 1.82) is 0 Å². The molecule has 1 unspecified atom stereocenters. The second-order valence-corrected chi connectivity index (χ2v) is 8.81. The van der Waals surface area contributed by atoms with Crippen LogP contribution in [-0.4, -0.2) is 24.8 Å². The monoisotopic (exact) mass is 336 g/mol. The Morgan fingerprint density at radius 3 is 2.63 bits per heavy atom. The predicted octanol–water partition coefficient (Wildman–Crippen LogP) is 3.55. The Morgan fingerprint density at radius 2 is 2.16 bits per heavy atom. The molecule has 2 rings (SSSR count). The minimum atomic E-state index is -3.56. The third-order valence-corrected chi connectivity index (χ3v) is 7.66. The minimum absolute atomic E-state index is 0.211. The maximum atomic E-state index is 12.5.